The Morgan fingerprint density at radius 1 is 0.971 bits per heavy atom. The SMILES string of the molecule is COc1ccccc1NC(=O)COc1ccc(Cl)cc1C=C(C#N)C(=O)Nc1cccc(Cl)c1. The highest BCUT2D eigenvalue weighted by Crippen LogP contribution is 2.27. The molecule has 0 aromatic heterocycles. The zero-order chi connectivity index (χ0) is 24.5. The Morgan fingerprint density at radius 2 is 1.74 bits per heavy atom. The first-order valence-electron chi connectivity index (χ1n) is 9.93. The molecule has 2 amide bonds. The molecule has 0 aliphatic carbocycles. The van der Waals surface area contributed by atoms with Crippen molar-refractivity contribution in [3.63, 3.8) is 0 Å². The normalized spacial score (nSPS) is 10.7. The van der Waals surface area contributed by atoms with E-state index in [9.17, 15) is 14.9 Å². The topological polar surface area (TPSA) is 100 Å². The number of nitrogens with one attached hydrogen (secondary N) is 2. The van der Waals surface area contributed by atoms with Crippen molar-refractivity contribution in [1.29, 1.82) is 5.26 Å². The van der Waals surface area contributed by atoms with Gasteiger partial charge in [0.2, 0.25) is 0 Å². The minimum Gasteiger partial charge on any atom is -0.495 e. The maximum Gasteiger partial charge on any atom is 0.266 e. The number of rotatable bonds is 8. The van der Waals surface area contributed by atoms with Gasteiger partial charge in [-0.1, -0.05) is 41.4 Å². The number of hydrogen-bond donors (Lipinski definition) is 2. The van der Waals surface area contributed by atoms with Crippen molar-refractivity contribution >= 4 is 52.5 Å². The van der Waals surface area contributed by atoms with Crippen LogP contribution in [-0.2, 0) is 9.59 Å². The van der Waals surface area contributed by atoms with Crippen LogP contribution in [0.3, 0.4) is 0 Å². The number of methoxy groups -OCH3 is 1. The van der Waals surface area contributed by atoms with E-state index in [2.05, 4.69) is 10.6 Å². The summed E-state index contributed by atoms with van der Waals surface area (Å²) in [6.07, 6.45) is 1.33. The third-order valence-corrected chi connectivity index (χ3v) is 4.93. The Balaban J connectivity index is 1.75. The van der Waals surface area contributed by atoms with E-state index < -0.39 is 11.8 Å². The largest absolute Gasteiger partial charge is 0.495 e. The van der Waals surface area contributed by atoms with Crippen molar-refractivity contribution in [3.05, 3.63) is 87.9 Å². The second-order valence-corrected chi connectivity index (χ2v) is 7.73. The Labute approximate surface area is 206 Å². The van der Waals surface area contributed by atoms with Gasteiger partial charge in [0.05, 0.1) is 12.8 Å². The van der Waals surface area contributed by atoms with Gasteiger partial charge in [0.15, 0.2) is 6.61 Å². The van der Waals surface area contributed by atoms with E-state index >= 15 is 0 Å². The average Bonchev–Trinajstić information content (AvgIpc) is 2.82. The lowest BCUT2D eigenvalue weighted by atomic mass is 10.1. The molecule has 7 nitrogen and oxygen atoms in total. The molecule has 9 heteroatoms. The predicted octanol–water partition coefficient (Wildman–Crippen LogP) is 5.57. The summed E-state index contributed by atoms with van der Waals surface area (Å²) in [6, 6.07) is 20.0. The summed E-state index contributed by atoms with van der Waals surface area (Å²) in [5.74, 6) is -0.281. The number of ether oxygens (including phenoxy) is 2. The molecule has 0 saturated carbocycles. The van der Waals surface area contributed by atoms with Gasteiger partial charge in [-0.15, -0.1) is 0 Å². The fourth-order valence-corrected chi connectivity index (χ4v) is 3.28. The molecular weight excluding hydrogens is 477 g/mol. The van der Waals surface area contributed by atoms with Gasteiger partial charge in [-0.05, 0) is 54.6 Å². The molecule has 3 aromatic carbocycles. The molecule has 0 spiro atoms. The second kappa shape index (κ2) is 11.8. The minimum absolute atomic E-state index is 0.189. The van der Waals surface area contributed by atoms with Gasteiger partial charge >= 0.3 is 0 Å². The lowest BCUT2D eigenvalue weighted by Crippen LogP contribution is -2.20. The van der Waals surface area contributed by atoms with Crippen LogP contribution in [-0.4, -0.2) is 25.5 Å². The lowest BCUT2D eigenvalue weighted by Gasteiger charge is -2.12. The molecule has 0 unspecified atom stereocenters. The summed E-state index contributed by atoms with van der Waals surface area (Å²) in [5.41, 5.74) is 1.11. The number of benzene rings is 3. The van der Waals surface area contributed by atoms with E-state index in [-0.39, 0.29) is 17.9 Å². The molecular formula is C25H19Cl2N3O4. The van der Waals surface area contributed by atoms with Gasteiger partial charge in [0.1, 0.15) is 23.1 Å². The zero-order valence-corrected chi connectivity index (χ0v) is 19.5. The summed E-state index contributed by atoms with van der Waals surface area (Å²) in [6.45, 7) is -0.322. The van der Waals surface area contributed by atoms with Crippen LogP contribution in [0, 0.1) is 11.3 Å². The van der Waals surface area contributed by atoms with Crippen molar-refractivity contribution in [2.24, 2.45) is 0 Å². The average molecular weight is 496 g/mol. The van der Waals surface area contributed by atoms with Crippen molar-refractivity contribution < 1.29 is 19.1 Å². The zero-order valence-electron chi connectivity index (χ0n) is 18.0. The number of nitriles is 1. The number of carbonyl (C=O) groups excluding carboxylic acids is 2. The van der Waals surface area contributed by atoms with Gasteiger partial charge in [0.25, 0.3) is 11.8 Å². The Hall–Kier alpha value is -3.99. The first-order valence-corrected chi connectivity index (χ1v) is 10.7. The number of hydrogen-bond acceptors (Lipinski definition) is 5. The standard InChI is InChI=1S/C25H19Cl2N3O4/c1-33-23-8-3-2-7-21(23)30-24(31)15-34-22-10-9-19(27)12-16(22)11-17(14-28)25(32)29-20-6-4-5-18(26)13-20/h2-13H,15H2,1H3,(H,29,32)(H,30,31). The van der Waals surface area contributed by atoms with Crippen LogP contribution in [0.1, 0.15) is 5.56 Å². The van der Waals surface area contributed by atoms with Gasteiger partial charge in [0, 0.05) is 21.3 Å². The summed E-state index contributed by atoms with van der Waals surface area (Å²) >= 11 is 12.0. The Bertz CT molecular complexity index is 1290. The monoisotopic (exact) mass is 495 g/mol. The summed E-state index contributed by atoms with van der Waals surface area (Å²) in [4.78, 5) is 25.0. The van der Waals surface area contributed by atoms with E-state index in [1.165, 1.54) is 19.3 Å². The number of nitrogens with zero attached hydrogens (tertiary/aromatic N) is 1. The third kappa shape index (κ3) is 6.75. The smallest absolute Gasteiger partial charge is 0.266 e. The highest BCUT2D eigenvalue weighted by atomic mass is 35.5. The van der Waals surface area contributed by atoms with Crippen LogP contribution >= 0.6 is 23.2 Å². The Morgan fingerprint density at radius 3 is 2.47 bits per heavy atom. The van der Waals surface area contributed by atoms with Crippen LogP contribution in [0.2, 0.25) is 10.0 Å². The Kier molecular flexibility index (Phi) is 8.52. The number of para-hydroxylation sites is 2. The van der Waals surface area contributed by atoms with Crippen molar-refractivity contribution in [1.82, 2.24) is 0 Å². The van der Waals surface area contributed by atoms with Crippen LogP contribution in [0.4, 0.5) is 11.4 Å². The molecule has 0 aliphatic rings. The number of amides is 2. The fraction of sp³-hybridized carbons (Fsp3) is 0.0800. The molecule has 0 saturated heterocycles. The van der Waals surface area contributed by atoms with E-state index in [0.29, 0.717) is 32.7 Å². The summed E-state index contributed by atoms with van der Waals surface area (Å²) in [5, 5.41) is 15.7. The first-order chi connectivity index (χ1) is 16.4. The lowest BCUT2D eigenvalue weighted by molar-refractivity contribution is -0.118. The van der Waals surface area contributed by atoms with Gasteiger partial charge < -0.3 is 20.1 Å². The molecule has 0 aliphatic heterocycles. The predicted molar refractivity (Wildman–Crippen MR) is 132 cm³/mol. The first kappa shape index (κ1) is 24.6. The molecule has 0 radical (unpaired) electrons. The molecule has 0 heterocycles. The van der Waals surface area contributed by atoms with Crippen molar-refractivity contribution in [2.75, 3.05) is 24.4 Å². The molecule has 0 fully saturated rings. The quantitative estimate of drug-likeness (QED) is 0.314. The maximum atomic E-state index is 12.6. The molecule has 0 bridgehead atoms. The van der Waals surface area contributed by atoms with E-state index in [1.54, 1.807) is 60.7 Å². The number of halogens is 2. The van der Waals surface area contributed by atoms with E-state index in [1.807, 2.05) is 6.07 Å². The van der Waals surface area contributed by atoms with Crippen LogP contribution in [0.25, 0.3) is 6.08 Å². The van der Waals surface area contributed by atoms with E-state index in [4.69, 9.17) is 32.7 Å². The van der Waals surface area contributed by atoms with Gasteiger partial charge in [-0.25, -0.2) is 0 Å². The number of carbonyl (C=O) groups is 2. The van der Waals surface area contributed by atoms with E-state index in [0.717, 1.165) is 0 Å². The molecule has 2 N–H and O–H groups in total. The molecule has 3 aromatic rings. The maximum absolute atomic E-state index is 12.6. The van der Waals surface area contributed by atoms with Crippen molar-refractivity contribution in [2.45, 2.75) is 0 Å². The number of anilines is 2. The highest BCUT2D eigenvalue weighted by Gasteiger charge is 2.14. The van der Waals surface area contributed by atoms with Crippen molar-refractivity contribution in [3.8, 4) is 17.6 Å². The van der Waals surface area contributed by atoms with Gasteiger partial charge in [-0.2, -0.15) is 5.26 Å². The highest BCUT2D eigenvalue weighted by molar-refractivity contribution is 6.31. The molecule has 34 heavy (non-hydrogen) atoms. The second-order valence-electron chi connectivity index (χ2n) is 6.85. The van der Waals surface area contributed by atoms with Gasteiger partial charge in [-0.3, -0.25) is 9.59 Å². The minimum atomic E-state index is -0.635. The molecule has 172 valence electrons. The van der Waals surface area contributed by atoms with Crippen LogP contribution in [0.15, 0.2) is 72.3 Å². The third-order valence-electron chi connectivity index (χ3n) is 4.46. The van der Waals surface area contributed by atoms with Crippen LogP contribution < -0.4 is 20.1 Å². The summed E-state index contributed by atoms with van der Waals surface area (Å²) < 4.78 is 10.9. The fourth-order valence-electron chi connectivity index (χ4n) is 2.91. The van der Waals surface area contributed by atoms with Crippen LogP contribution in [0.5, 0.6) is 11.5 Å². The summed E-state index contributed by atoms with van der Waals surface area (Å²) in [7, 11) is 1.50. The molecule has 0 atom stereocenters. The molecule has 3 rings (SSSR count).